The van der Waals surface area contributed by atoms with Crippen molar-refractivity contribution >= 4 is 11.6 Å². The predicted molar refractivity (Wildman–Crippen MR) is 76.7 cm³/mol. The zero-order valence-corrected chi connectivity index (χ0v) is 11.9. The first-order valence-electron chi connectivity index (χ1n) is 6.64. The molecule has 5 heteroatoms. The largest absolute Gasteiger partial charge is 0.384 e. The van der Waals surface area contributed by atoms with Crippen molar-refractivity contribution in [2.45, 2.75) is 39.7 Å². The summed E-state index contributed by atoms with van der Waals surface area (Å²) in [4.78, 5) is 10.9. The Hall–Kier alpha value is -1.36. The molecule has 5 nitrogen and oxygen atoms in total. The van der Waals surface area contributed by atoms with Crippen LogP contribution in [0.25, 0.3) is 0 Å². The maximum atomic E-state index is 5.73. The SMILES string of the molecule is CCc1nc(N)cc(NCCN(C)C(C)CC)n1. The van der Waals surface area contributed by atoms with Gasteiger partial charge in [0.05, 0.1) is 0 Å². The van der Waals surface area contributed by atoms with Crippen LogP contribution in [0, 0.1) is 0 Å². The molecule has 3 N–H and O–H groups in total. The van der Waals surface area contributed by atoms with Crippen LogP contribution < -0.4 is 11.1 Å². The molecule has 0 bridgehead atoms. The van der Waals surface area contributed by atoms with Crippen molar-refractivity contribution in [3.05, 3.63) is 11.9 Å². The van der Waals surface area contributed by atoms with Gasteiger partial charge in [0.15, 0.2) is 0 Å². The molecule has 1 aromatic rings. The Balaban J connectivity index is 2.46. The summed E-state index contributed by atoms with van der Waals surface area (Å²) >= 11 is 0. The van der Waals surface area contributed by atoms with Gasteiger partial charge in [-0.25, -0.2) is 9.97 Å². The molecule has 0 saturated heterocycles. The van der Waals surface area contributed by atoms with Gasteiger partial charge in [-0.2, -0.15) is 0 Å². The zero-order valence-electron chi connectivity index (χ0n) is 11.9. The molecular formula is C13H25N5. The van der Waals surface area contributed by atoms with Crippen molar-refractivity contribution in [3.63, 3.8) is 0 Å². The smallest absolute Gasteiger partial charge is 0.132 e. The lowest BCUT2D eigenvalue weighted by Gasteiger charge is -2.23. The summed E-state index contributed by atoms with van der Waals surface area (Å²) in [7, 11) is 2.14. The molecule has 1 rings (SSSR count). The fourth-order valence-electron chi connectivity index (χ4n) is 1.66. The minimum atomic E-state index is 0.527. The van der Waals surface area contributed by atoms with Crippen LogP contribution in [0.2, 0.25) is 0 Å². The second-order valence-corrected chi connectivity index (χ2v) is 4.61. The van der Waals surface area contributed by atoms with Crippen molar-refractivity contribution in [1.29, 1.82) is 0 Å². The van der Waals surface area contributed by atoms with Crippen LogP contribution in [0.15, 0.2) is 6.07 Å². The van der Waals surface area contributed by atoms with Crippen LogP contribution >= 0.6 is 0 Å². The molecule has 1 heterocycles. The molecule has 18 heavy (non-hydrogen) atoms. The van der Waals surface area contributed by atoms with Gasteiger partial charge in [-0.15, -0.1) is 0 Å². The number of nitrogens with two attached hydrogens (primary N) is 1. The monoisotopic (exact) mass is 251 g/mol. The average molecular weight is 251 g/mol. The van der Waals surface area contributed by atoms with Gasteiger partial charge in [-0.3, -0.25) is 0 Å². The molecule has 1 unspecified atom stereocenters. The highest BCUT2D eigenvalue weighted by atomic mass is 15.1. The number of nitrogens with zero attached hydrogens (tertiary/aromatic N) is 3. The summed E-state index contributed by atoms with van der Waals surface area (Å²) < 4.78 is 0. The summed E-state index contributed by atoms with van der Waals surface area (Å²) in [5.74, 6) is 2.13. The van der Waals surface area contributed by atoms with Gasteiger partial charge >= 0.3 is 0 Å². The first kappa shape index (κ1) is 14.7. The summed E-state index contributed by atoms with van der Waals surface area (Å²) in [6.45, 7) is 8.31. The van der Waals surface area contributed by atoms with Gasteiger partial charge in [0, 0.05) is 31.6 Å². The number of nitrogen functional groups attached to an aromatic ring is 1. The number of aryl methyl sites for hydroxylation is 1. The van der Waals surface area contributed by atoms with E-state index in [1.807, 2.05) is 6.92 Å². The minimum Gasteiger partial charge on any atom is -0.384 e. The first-order chi connectivity index (χ1) is 8.56. The Bertz CT molecular complexity index is 366. The molecule has 0 radical (unpaired) electrons. The number of aromatic nitrogens is 2. The third-order valence-corrected chi connectivity index (χ3v) is 3.22. The first-order valence-corrected chi connectivity index (χ1v) is 6.64. The molecule has 0 aliphatic heterocycles. The Kier molecular flexibility index (Phi) is 5.85. The Morgan fingerprint density at radius 3 is 2.72 bits per heavy atom. The van der Waals surface area contributed by atoms with Gasteiger partial charge < -0.3 is 16.0 Å². The molecule has 0 saturated carbocycles. The van der Waals surface area contributed by atoms with E-state index in [4.69, 9.17) is 5.73 Å². The van der Waals surface area contributed by atoms with E-state index in [-0.39, 0.29) is 0 Å². The Morgan fingerprint density at radius 2 is 2.11 bits per heavy atom. The number of anilines is 2. The Morgan fingerprint density at radius 1 is 1.39 bits per heavy atom. The third kappa shape index (κ3) is 4.49. The van der Waals surface area contributed by atoms with E-state index in [1.54, 1.807) is 6.07 Å². The zero-order chi connectivity index (χ0) is 13.5. The molecule has 0 fully saturated rings. The number of hydrogen-bond donors (Lipinski definition) is 2. The maximum Gasteiger partial charge on any atom is 0.132 e. The molecule has 0 amide bonds. The van der Waals surface area contributed by atoms with Crippen LogP contribution in [0.5, 0.6) is 0 Å². The van der Waals surface area contributed by atoms with Gasteiger partial charge in [-0.1, -0.05) is 13.8 Å². The number of likely N-dealkylation sites (N-methyl/N-ethyl adjacent to an activating group) is 1. The highest BCUT2D eigenvalue weighted by molar-refractivity contribution is 5.44. The topological polar surface area (TPSA) is 67.1 Å². The van der Waals surface area contributed by atoms with Crippen molar-refractivity contribution < 1.29 is 0 Å². The van der Waals surface area contributed by atoms with Crippen LogP contribution in [0.3, 0.4) is 0 Å². The number of hydrogen-bond acceptors (Lipinski definition) is 5. The van der Waals surface area contributed by atoms with Gasteiger partial charge in [-0.05, 0) is 20.4 Å². The second kappa shape index (κ2) is 7.16. The van der Waals surface area contributed by atoms with E-state index in [9.17, 15) is 0 Å². The lowest BCUT2D eigenvalue weighted by Crippen LogP contribution is -2.32. The van der Waals surface area contributed by atoms with Crippen LogP contribution in [0.1, 0.15) is 33.0 Å². The standard InChI is InChI=1S/C13H25N5/c1-5-10(3)18(4)8-7-15-13-9-11(14)16-12(6-2)17-13/h9-10H,5-8H2,1-4H3,(H3,14,15,16,17). The van der Waals surface area contributed by atoms with Crippen LogP contribution in [-0.4, -0.2) is 41.0 Å². The summed E-state index contributed by atoms with van der Waals surface area (Å²) in [5.41, 5.74) is 5.73. The highest BCUT2D eigenvalue weighted by Gasteiger charge is 2.06. The molecule has 0 spiro atoms. The van der Waals surface area contributed by atoms with Crippen molar-refractivity contribution in [1.82, 2.24) is 14.9 Å². The highest BCUT2D eigenvalue weighted by Crippen LogP contribution is 2.08. The summed E-state index contributed by atoms with van der Waals surface area (Å²) in [5, 5.41) is 3.30. The van der Waals surface area contributed by atoms with E-state index < -0.39 is 0 Å². The average Bonchev–Trinajstić information content (AvgIpc) is 2.36. The molecule has 0 aromatic carbocycles. The fraction of sp³-hybridized carbons (Fsp3) is 0.692. The molecule has 1 atom stereocenters. The third-order valence-electron chi connectivity index (χ3n) is 3.22. The van der Waals surface area contributed by atoms with Crippen LogP contribution in [-0.2, 0) is 6.42 Å². The molecule has 1 aromatic heterocycles. The lowest BCUT2D eigenvalue weighted by molar-refractivity contribution is 0.261. The van der Waals surface area contributed by atoms with Gasteiger partial charge in [0.2, 0.25) is 0 Å². The fourth-order valence-corrected chi connectivity index (χ4v) is 1.66. The molecule has 102 valence electrons. The van der Waals surface area contributed by atoms with Gasteiger partial charge in [0.1, 0.15) is 17.5 Å². The van der Waals surface area contributed by atoms with Crippen LogP contribution in [0.4, 0.5) is 11.6 Å². The summed E-state index contributed by atoms with van der Waals surface area (Å²) in [6, 6.07) is 2.39. The summed E-state index contributed by atoms with van der Waals surface area (Å²) in [6.07, 6.45) is 1.96. The number of rotatable bonds is 7. The van der Waals surface area contributed by atoms with Crippen molar-refractivity contribution in [3.8, 4) is 0 Å². The molecule has 0 aliphatic rings. The predicted octanol–water partition coefficient (Wildman–Crippen LogP) is 1.76. The maximum absolute atomic E-state index is 5.73. The van der Waals surface area contributed by atoms with E-state index in [0.717, 1.165) is 37.6 Å². The lowest BCUT2D eigenvalue weighted by atomic mass is 10.2. The molecule has 0 aliphatic carbocycles. The quantitative estimate of drug-likeness (QED) is 0.773. The Labute approximate surface area is 110 Å². The second-order valence-electron chi connectivity index (χ2n) is 4.61. The molecular weight excluding hydrogens is 226 g/mol. The normalized spacial score (nSPS) is 12.7. The van der Waals surface area contributed by atoms with Crippen molar-refractivity contribution in [2.24, 2.45) is 0 Å². The minimum absolute atomic E-state index is 0.527. The van der Waals surface area contributed by atoms with E-state index >= 15 is 0 Å². The van der Waals surface area contributed by atoms with E-state index in [1.165, 1.54) is 0 Å². The number of nitrogens with one attached hydrogen (secondary N) is 1. The van der Waals surface area contributed by atoms with E-state index in [2.05, 4.69) is 41.1 Å². The van der Waals surface area contributed by atoms with Gasteiger partial charge in [0.25, 0.3) is 0 Å². The van der Waals surface area contributed by atoms with Crippen molar-refractivity contribution in [2.75, 3.05) is 31.2 Å². The van der Waals surface area contributed by atoms with E-state index in [0.29, 0.717) is 11.9 Å².